The molecule has 1 aliphatic heterocycles. The van der Waals surface area contributed by atoms with Crippen molar-refractivity contribution < 1.29 is 14.3 Å². The highest BCUT2D eigenvalue weighted by Gasteiger charge is 2.37. The van der Waals surface area contributed by atoms with E-state index in [4.69, 9.17) is 4.74 Å². The van der Waals surface area contributed by atoms with E-state index in [0.717, 1.165) is 0 Å². The van der Waals surface area contributed by atoms with Gasteiger partial charge >= 0.3 is 5.97 Å². The number of rotatable bonds is 6. The van der Waals surface area contributed by atoms with Crippen molar-refractivity contribution in [2.75, 3.05) is 13.2 Å². The molecule has 1 aromatic rings. The quantitative estimate of drug-likeness (QED) is 0.592. The number of amides is 1. The van der Waals surface area contributed by atoms with Crippen molar-refractivity contribution in [3.8, 4) is 0 Å². The normalized spacial score (nSPS) is 20.0. The van der Waals surface area contributed by atoms with Gasteiger partial charge in [0.25, 0.3) is 0 Å². The molecule has 1 aliphatic rings. The molecule has 0 aromatic carbocycles. The second kappa shape index (κ2) is 7.37. The second-order valence-electron chi connectivity index (χ2n) is 4.18. The zero-order chi connectivity index (χ0) is 15.2. The lowest BCUT2D eigenvalue weighted by Crippen LogP contribution is -2.32. The zero-order valence-corrected chi connectivity index (χ0v) is 13.2. The number of carbonyl (C=O) groups is 2. The maximum atomic E-state index is 12.3. The topological polar surface area (TPSA) is 71.9 Å². The van der Waals surface area contributed by atoms with Crippen LogP contribution < -0.4 is 0 Å². The predicted octanol–water partition coefficient (Wildman–Crippen LogP) is 2.21. The molecule has 1 fully saturated rings. The average Bonchev–Trinajstić information content (AvgIpc) is 3.03. The van der Waals surface area contributed by atoms with Gasteiger partial charge in [0.05, 0.1) is 11.9 Å². The Bertz CT molecular complexity index is 557. The van der Waals surface area contributed by atoms with Crippen molar-refractivity contribution in [1.82, 2.24) is 9.88 Å². The summed E-state index contributed by atoms with van der Waals surface area (Å²) in [5, 5.41) is 2.77. The van der Waals surface area contributed by atoms with E-state index in [1.807, 2.05) is 5.38 Å². The fourth-order valence-electron chi connectivity index (χ4n) is 1.74. The SMILES string of the molecule is C=CCN1C(=O)C(CCOC(C)=O)S/C1=N\c1nccs1. The van der Waals surface area contributed by atoms with Crippen molar-refractivity contribution in [3.63, 3.8) is 0 Å². The van der Waals surface area contributed by atoms with Crippen LogP contribution >= 0.6 is 23.1 Å². The molecule has 0 spiro atoms. The molecule has 21 heavy (non-hydrogen) atoms. The number of ether oxygens (including phenoxy) is 1. The minimum absolute atomic E-state index is 0.0395. The molecule has 0 saturated carbocycles. The average molecular weight is 325 g/mol. The van der Waals surface area contributed by atoms with Gasteiger partial charge in [-0.05, 0) is 0 Å². The molecule has 1 aromatic heterocycles. The summed E-state index contributed by atoms with van der Waals surface area (Å²) in [5.74, 6) is -0.382. The molecule has 2 heterocycles. The molecule has 1 unspecified atom stereocenters. The Labute approximate surface area is 130 Å². The highest BCUT2D eigenvalue weighted by Crippen LogP contribution is 2.31. The number of thioether (sulfide) groups is 1. The van der Waals surface area contributed by atoms with Crippen LogP contribution in [0.4, 0.5) is 5.13 Å². The summed E-state index contributed by atoms with van der Waals surface area (Å²) in [6.07, 6.45) is 3.79. The van der Waals surface area contributed by atoms with Gasteiger partial charge < -0.3 is 4.74 Å². The van der Waals surface area contributed by atoms with E-state index in [1.54, 1.807) is 17.2 Å². The van der Waals surface area contributed by atoms with Crippen molar-refractivity contribution in [3.05, 3.63) is 24.2 Å². The van der Waals surface area contributed by atoms with Gasteiger partial charge in [0, 0.05) is 31.5 Å². The predicted molar refractivity (Wildman–Crippen MR) is 83.7 cm³/mol. The number of carbonyl (C=O) groups excluding carboxylic acids is 2. The number of nitrogens with zero attached hydrogens (tertiary/aromatic N) is 3. The van der Waals surface area contributed by atoms with E-state index < -0.39 is 0 Å². The van der Waals surface area contributed by atoms with E-state index in [1.165, 1.54) is 30.0 Å². The molecule has 112 valence electrons. The van der Waals surface area contributed by atoms with Crippen molar-refractivity contribution >= 4 is 45.3 Å². The third-order valence-corrected chi connectivity index (χ3v) is 4.54. The molecule has 0 radical (unpaired) electrons. The number of esters is 1. The van der Waals surface area contributed by atoms with Crippen LogP contribution in [0.1, 0.15) is 13.3 Å². The molecular formula is C13H15N3O3S2. The third-order valence-electron chi connectivity index (χ3n) is 2.63. The molecule has 0 bridgehead atoms. The maximum absolute atomic E-state index is 12.3. The Balaban J connectivity index is 2.08. The van der Waals surface area contributed by atoms with Gasteiger partial charge in [-0.25, -0.2) is 4.98 Å². The zero-order valence-electron chi connectivity index (χ0n) is 11.5. The first-order valence-electron chi connectivity index (χ1n) is 6.32. The van der Waals surface area contributed by atoms with Crippen LogP contribution in [0.5, 0.6) is 0 Å². The third kappa shape index (κ3) is 4.15. The first-order chi connectivity index (χ1) is 10.1. The van der Waals surface area contributed by atoms with Gasteiger partial charge in [-0.1, -0.05) is 17.8 Å². The van der Waals surface area contributed by atoms with Gasteiger partial charge in [-0.3, -0.25) is 14.5 Å². The molecule has 0 aliphatic carbocycles. The highest BCUT2D eigenvalue weighted by molar-refractivity contribution is 8.15. The van der Waals surface area contributed by atoms with Gasteiger partial charge in [0.2, 0.25) is 11.0 Å². The standard InChI is InChI=1S/C13H15N3O3S2/c1-3-6-16-11(18)10(4-7-19-9(2)17)21-13(16)15-12-14-5-8-20-12/h3,5,8,10H,1,4,6-7H2,2H3/b15-13-. The van der Waals surface area contributed by atoms with E-state index in [-0.39, 0.29) is 23.7 Å². The van der Waals surface area contributed by atoms with Crippen LogP contribution in [0.25, 0.3) is 0 Å². The molecule has 2 rings (SSSR count). The molecule has 1 amide bonds. The second-order valence-corrected chi connectivity index (χ2v) is 6.22. The fourth-order valence-corrected chi connectivity index (χ4v) is 3.43. The number of aliphatic imine (C=N–C) groups is 1. The van der Waals surface area contributed by atoms with Crippen LogP contribution in [0.3, 0.4) is 0 Å². The first-order valence-corrected chi connectivity index (χ1v) is 8.08. The lowest BCUT2D eigenvalue weighted by Gasteiger charge is -2.13. The van der Waals surface area contributed by atoms with Gasteiger partial charge in [0.1, 0.15) is 0 Å². The van der Waals surface area contributed by atoms with Crippen LogP contribution in [-0.4, -0.2) is 45.3 Å². The summed E-state index contributed by atoms with van der Waals surface area (Å²) in [4.78, 5) is 33.2. The molecule has 0 N–H and O–H groups in total. The number of hydrogen-bond acceptors (Lipinski definition) is 7. The summed E-state index contributed by atoms with van der Waals surface area (Å²) in [7, 11) is 0. The first kappa shape index (κ1) is 15.7. The Hall–Kier alpha value is -1.67. The lowest BCUT2D eigenvalue weighted by atomic mass is 10.3. The smallest absolute Gasteiger partial charge is 0.302 e. The molecule has 6 nitrogen and oxygen atoms in total. The largest absolute Gasteiger partial charge is 0.466 e. The molecule has 1 saturated heterocycles. The number of hydrogen-bond donors (Lipinski definition) is 0. The highest BCUT2D eigenvalue weighted by atomic mass is 32.2. The number of thiazole rings is 1. The summed E-state index contributed by atoms with van der Waals surface area (Å²) in [5.41, 5.74) is 0. The Morgan fingerprint density at radius 3 is 3.10 bits per heavy atom. The molecule has 8 heteroatoms. The number of amidine groups is 1. The molecular weight excluding hydrogens is 310 g/mol. The Kier molecular flexibility index (Phi) is 5.51. The summed E-state index contributed by atoms with van der Waals surface area (Å²) in [6, 6.07) is 0. The fraction of sp³-hybridized carbons (Fsp3) is 0.385. The van der Waals surface area contributed by atoms with E-state index in [9.17, 15) is 9.59 Å². The summed E-state index contributed by atoms with van der Waals surface area (Å²) < 4.78 is 4.90. The van der Waals surface area contributed by atoms with E-state index in [0.29, 0.717) is 23.3 Å². The van der Waals surface area contributed by atoms with Gasteiger partial charge in [-0.2, -0.15) is 4.99 Å². The minimum atomic E-state index is -0.343. The lowest BCUT2D eigenvalue weighted by molar-refractivity contribution is -0.141. The van der Waals surface area contributed by atoms with Crippen molar-refractivity contribution in [2.45, 2.75) is 18.6 Å². The van der Waals surface area contributed by atoms with Crippen LogP contribution in [-0.2, 0) is 14.3 Å². The van der Waals surface area contributed by atoms with Crippen molar-refractivity contribution in [1.29, 1.82) is 0 Å². The Morgan fingerprint density at radius 1 is 1.67 bits per heavy atom. The van der Waals surface area contributed by atoms with E-state index >= 15 is 0 Å². The summed E-state index contributed by atoms with van der Waals surface area (Å²) >= 11 is 2.78. The maximum Gasteiger partial charge on any atom is 0.302 e. The van der Waals surface area contributed by atoms with Gasteiger partial charge in [-0.15, -0.1) is 17.9 Å². The molecule has 1 atom stereocenters. The monoisotopic (exact) mass is 325 g/mol. The minimum Gasteiger partial charge on any atom is -0.466 e. The van der Waals surface area contributed by atoms with Crippen molar-refractivity contribution in [2.24, 2.45) is 4.99 Å². The Morgan fingerprint density at radius 2 is 2.48 bits per heavy atom. The van der Waals surface area contributed by atoms with Crippen LogP contribution in [0.2, 0.25) is 0 Å². The van der Waals surface area contributed by atoms with Crippen LogP contribution in [0.15, 0.2) is 29.2 Å². The number of aromatic nitrogens is 1. The van der Waals surface area contributed by atoms with E-state index in [2.05, 4.69) is 16.6 Å². The van der Waals surface area contributed by atoms with Crippen LogP contribution in [0, 0.1) is 0 Å². The van der Waals surface area contributed by atoms with Gasteiger partial charge in [0.15, 0.2) is 5.17 Å². The summed E-state index contributed by atoms with van der Waals surface area (Å²) in [6.45, 7) is 5.64.